The molecule has 0 N–H and O–H groups in total. The molecule has 0 fully saturated rings. The van der Waals surface area contributed by atoms with E-state index < -0.39 is 0 Å². The molecule has 0 heterocycles. The molecule has 11 rings (SSSR count). The summed E-state index contributed by atoms with van der Waals surface area (Å²) in [6.45, 7) is 0. The molecule has 3 atom stereocenters. The van der Waals surface area contributed by atoms with Crippen molar-refractivity contribution in [1.29, 1.82) is 0 Å². The molecule has 0 aliphatic heterocycles. The van der Waals surface area contributed by atoms with E-state index in [1.54, 1.807) is 11.1 Å². The first-order valence-electron chi connectivity index (χ1n) is 21.2. The zero-order chi connectivity index (χ0) is 37.0. The summed E-state index contributed by atoms with van der Waals surface area (Å²) in [6, 6.07) is 38.6. The summed E-state index contributed by atoms with van der Waals surface area (Å²) in [7, 11) is 0. The van der Waals surface area contributed by atoms with Crippen LogP contribution in [-0.4, -0.2) is 0 Å². The minimum atomic E-state index is 0.342. The van der Waals surface area contributed by atoms with Gasteiger partial charge in [-0.2, -0.15) is 0 Å². The molecule has 0 aromatic heterocycles. The standard InChI is InChI=1S/C56H48/c1-3-15-37(16-4-1)44-33-45(38-17-5-2-6-18-38)35-46(34-44)40-21-13-22-43(32-40)55-50-23-9-11-25-52(50)56(53-26-12-10-24-51(53)55)49-28-14-27-47-48(49)30-29-42-31-39-19-7-8-20-41(39)36-54(42)47/h1-6,8-9,11,14-18,20-21,23-28,30,32,34-36,39,42,44H,7,10,12-13,19,22,29,31,33H2. The van der Waals surface area contributed by atoms with E-state index in [2.05, 4.69) is 164 Å². The molecule has 0 amide bonds. The zero-order valence-corrected chi connectivity index (χ0v) is 32.2. The van der Waals surface area contributed by atoms with Crippen LogP contribution >= 0.6 is 0 Å². The van der Waals surface area contributed by atoms with Gasteiger partial charge in [-0.3, -0.25) is 0 Å². The molecule has 3 unspecified atom stereocenters. The lowest BCUT2D eigenvalue weighted by Gasteiger charge is -2.33. The minimum Gasteiger partial charge on any atom is -0.0842 e. The van der Waals surface area contributed by atoms with E-state index in [-0.39, 0.29) is 0 Å². The van der Waals surface area contributed by atoms with E-state index >= 15 is 0 Å². The first kappa shape index (κ1) is 33.6. The van der Waals surface area contributed by atoms with Crippen LogP contribution in [0.25, 0.3) is 56.8 Å². The Kier molecular flexibility index (Phi) is 8.46. The minimum absolute atomic E-state index is 0.342. The average molecular weight is 721 g/mol. The van der Waals surface area contributed by atoms with Crippen molar-refractivity contribution < 1.29 is 0 Å². The van der Waals surface area contributed by atoms with Crippen LogP contribution in [0.3, 0.4) is 0 Å². The van der Waals surface area contributed by atoms with Crippen molar-refractivity contribution in [2.75, 3.05) is 0 Å². The first-order valence-corrected chi connectivity index (χ1v) is 21.2. The molecule has 56 heavy (non-hydrogen) atoms. The topological polar surface area (TPSA) is 0 Å². The molecule has 0 bridgehead atoms. The van der Waals surface area contributed by atoms with Gasteiger partial charge in [-0.15, -0.1) is 0 Å². The van der Waals surface area contributed by atoms with Gasteiger partial charge in [0, 0.05) is 5.92 Å². The van der Waals surface area contributed by atoms with Gasteiger partial charge in [-0.25, -0.2) is 0 Å². The van der Waals surface area contributed by atoms with Crippen molar-refractivity contribution in [3.05, 3.63) is 200 Å². The van der Waals surface area contributed by atoms with Crippen LogP contribution < -0.4 is 20.9 Å². The third-order valence-electron chi connectivity index (χ3n) is 13.5. The van der Waals surface area contributed by atoms with Crippen LogP contribution in [0.5, 0.6) is 0 Å². The highest BCUT2D eigenvalue weighted by atomic mass is 14.3. The van der Waals surface area contributed by atoms with Crippen molar-refractivity contribution in [3.8, 4) is 11.1 Å². The second-order valence-electron chi connectivity index (χ2n) is 16.8. The van der Waals surface area contributed by atoms with Gasteiger partial charge < -0.3 is 0 Å². The third-order valence-corrected chi connectivity index (χ3v) is 13.5. The predicted octanol–water partition coefficient (Wildman–Crippen LogP) is 11.4. The van der Waals surface area contributed by atoms with Gasteiger partial charge in [-0.05, 0) is 163 Å². The van der Waals surface area contributed by atoms with Gasteiger partial charge >= 0.3 is 0 Å². The fourth-order valence-corrected chi connectivity index (χ4v) is 10.9. The third kappa shape index (κ3) is 5.81. The number of allylic oxidation sites excluding steroid dienone is 12. The molecular weight excluding hydrogens is 673 g/mol. The van der Waals surface area contributed by atoms with Gasteiger partial charge in [-0.1, -0.05) is 164 Å². The summed E-state index contributed by atoms with van der Waals surface area (Å²) in [5.74, 6) is 1.70. The van der Waals surface area contributed by atoms with Gasteiger partial charge in [0.25, 0.3) is 0 Å². The van der Waals surface area contributed by atoms with Crippen LogP contribution in [0.2, 0.25) is 0 Å². The smallest absolute Gasteiger partial charge is 0.00678 e. The van der Waals surface area contributed by atoms with E-state index in [0.29, 0.717) is 11.8 Å². The van der Waals surface area contributed by atoms with Crippen molar-refractivity contribution in [3.63, 3.8) is 0 Å². The molecule has 0 radical (unpaired) electrons. The Labute approximate surface area is 331 Å². The Morgan fingerprint density at radius 3 is 2.12 bits per heavy atom. The summed E-state index contributed by atoms with van der Waals surface area (Å²) >= 11 is 0. The van der Waals surface area contributed by atoms with Crippen molar-refractivity contribution in [2.45, 2.75) is 63.7 Å². The van der Waals surface area contributed by atoms with Gasteiger partial charge in [0.1, 0.15) is 0 Å². The largest absolute Gasteiger partial charge is 0.0842 e. The van der Waals surface area contributed by atoms with Crippen molar-refractivity contribution >= 4 is 45.7 Å². The highest BCUT2D eigenvalue weighted by Crippen LogP contribution is 2.43. The molecule has 5 aromatic rings. The molecule has 6 aliphatic rings. The lowest BCUT2D eigenvalue weighted by molar-refractivity contribution is 0.442. The lowest BCUT2D eigenvalue weighted by atomic mass is 9.71. The van der Waals surface area contributed by atoms with Gasteiger partial charge in [0.05, 0.1) is 0 Å². The van der Waals surface area contributed by atoms with E-state index in [9.17, 15) is 0 Å². The monoisotopic (exact) mass is 720 g/mol. The zero-order valence-electron chi connectivity index (χ0n) is 32.2. The molecule has 5 aromatic carbocycles. The quantitative estimate of drug-likeness (QED) is 0.170. The molecule has 0 saturated heterocycles. The van der Waals surface area contributed by atoms with Crippen LogP contribution in [0, 0.1) is 11.8 Å². The van der Waals surface area contributed by atoms with Crippen LogP contribution in [0.4, 0.5) is 0 Å². The summed E-state index contributed by atoms with van der Waals surface area (Å²) in [4.78, 5) is 0. The first-order chi connectivity index (χ1) is 27.8. The fraction of sp³-hybridized carbons (Fsp3) is 0.214. The molecule has 0 saturated carbocycles. The molecule has 0 heteroatoms. The highest BCUT2D eigenvalue weighted by Gasteiger charge is 2.29. The number of benzene rings is 5. The van der Waals surface area contributed by atoms with Crippen LogP contribution in [0.15, 0.2) is 162 Å². The average Bonchev–Trinajstić information content (AvgIpc) is 3.27. The Bertz CT molecular complexity index is 2870. The Hall–Kier alpha value is -5.72. The number of hydrogen-bond acceptors (Lipinski definition) is 0. The molecule has 272 valence electrons. The maximum Gasteiger partial charge on any atom is 0.00678 e. The maximum atomic E-state index is 2.59. The number of fused-ring (bicyclic) bond motifs is 5. The maximum absolute atomic E-state index is 2.59. The molecule has 0 nitrogen and oxygen atoms in total. The molecular formula is C56H48. The molecule has 6 aliphatic carbocycles. The SMILES string of the molecule is C1=CC2=CC3=c4cccc(-c5c6c(c(C7=CC(C8=CC(c9ccccc9)CC(c9ccccc9)=C8)=CCC7)c7ccccc57)=CCCC=6)c4=CCC3CC2CC1. The Morgan fingerprint density at radius 2 is 1.29 bits per heavy atom. The second-order valence-corrected chi connectivity index (χ2v) is 16.8. The normalized spacial score (nSPS) is 22.3. The van der Waals surface area contributed by atoms with Crippen molar-refractivity contribution in [1.82, 2.24) is 0 Å². The Balaban J connectivity index is 1.08. The number of hydrogen-bond donors (Lipinski definition) is 0. The summed E-state index contributed by atoms with van der Waals surface area (Å²) < 4.78 is 0. The van der Waals surface area contributed by atoms with Crippen molar-refractivity contribution in [2.24, 2.45) is 11.8 Å². The second kappa shape index (κ2) is 14.1. The van der Waals surface area contributed by atoms with E-state index in [4.69, 9.17) is 0 Å². The summed E-state index contributed by atoms with van der Waals surface area (Å²) in [6.07, 6.45) is 35.4. The molecule has 0 spiro atoms. The van der Waals surface area contributed by atoms with E-state index in [1.165, 1.54) is 101 Å². The fourth-order valence-electron chi connectivity index (χ4n) is 10.9. The van der Waals surface area contributed by atoms with Gasteiger partial charge in [0.2, 0.25) is 0 Å². The number of rotatable bonds is 5. The van der Waals surface area contributed by atoms with Crippen LogP contribution in [-0.2, 0) is 0 Å². The van der Waals surface area contributed by atoms with E-state index in [0.717, 1.165) is 44.4 Å². The van der Waals surface area contributed by atoms with Gasteiger partial charge in [0.15, 0.2) is 0 Å². The van der Waals surface area contributed by atoms with E-state index in [1.807, 2.05) is 0 Å². The predicted molar refractivity (Wildman–Crippen MR) is 238 cm³/mol. The summed E-state index contributed by atoms with van der Waals surface area (Å²) in [5.41, 5.74) is 15.7. The van der Waals surface area contributed by atoms with Crippen LogP contribution in [0.1, 0.15) is 80.4 Å². The Morgan fingerprint density at radius 1 is 0.536 bits per heavy atom. The lowest BCUT2D eigenvalue weighted by Crippen LogP contribution is -2.39. The highest BCUT2D eigenvalue weighted by molar-refractivity contribution is 6.04. The summed E-state index contributed by atoms with van der Waals surface area (Å²) in [5, 5.41) is 8.52.